The number of thioether (sulfide) groups is 2. The standard InChI is InChI=1S/C13H24N6O2S.C12H21ClN6O2.C10H15Cl2N5O2.C8H16N6S.2CH3Cl.CH5N.CH4S/c1-6-14-9-17-10(19-11(18-9)22-5)15-7-8-16-12(20)21-13(2,3)4;1-5-14-9-17-8(13)18-10(19-9)15-6-7-16-11(20)21-12(2,3)4;1-10(2,3)19-9(18)14-5-4-13-8-16-6(11)15-7(12)17-8;1-3-10-6-12-7(11-5-4-9)14-8(13-6)15-2;4*1-2/h6-8H2,1-5H3,(H,16,20)(H2,14,15,17,18,19);5-7H2,1-4H3,(H,16,20)(H2,14,15,17,18,19);4-5H2,1-3H3,(H,14,18)(H,13,15,16,17);3-5,9H2,1-2H3,(H2,10,11,12,13,14);2*1H3;2H2,1H3;2H,1H3. The maximum Gasteiger partial charge on any atom is 0.407 e. The molecule has 0 radical (unpaired) electrons. The Labute approximate surface area is 540 Å². The number of thiol groups is 1. The van der Waals surface area contributed by atoms with Crippen molar-refractivity contribution in [3.8, 4) is 0 Å². The van der Waals surface area contributed by atoms with Crippen LogP contribution in [0.2, 0.25) is 15.9 Å². The molecule has 0 aliphatic heterocycles. The summed E-state index contributed by atoms with van der Waals surface area (Å²) in [7, 11) is 1.50. The van der Waals surface area contributed by atoms with Crippen LogP contribution in [0.25, 0.3) is 0 Å². The number of carbonyl (C=O) groups is 3. The predicted molar refractivity (Wildman–Crippen MR) is 355 cm³/mol. The lowest BCUT2D eigenvalue weighted by molar-refractivity contribution is 0.0518. The van der Waals surface area contributed by atoms with Gasteiger partial charge in [0.1, 0.15) is 16.8 Å². The zero-order chi connectivity index (χ0) is 66.0. The van der Waals surface area contributed by atoms with E-state index in [1.165, 1.54) is 43.3 Å². The van der Waals surface area contributed by atoms with Gasteiger partial charge in [-0.1, -0.05) is 23.5 Å². The van der Waals surface area contributed by atoms with E-state index in [0.29, 0.717) is 105 Å². The van der Waals surface area contributed by atoms with E-state index in [9.17, 15) is 14.4 Å². The first-order valence-electron chi connectivity index (χ1n) is 25.8. The van der Waals surface area contributed by atoms with Gasteiger partial charge in [-0.3, -0.25) is 0 Å². The van der Waals surface area contributed by atoms with E-state index in [2.05, 4.69) is 155 Å². The van der Waals surface area contributed by atoms with Crippen LogP contribution in [0.1, 0.15) is 83.1 Å². The number of nitrogens with one attached hydrogen (secondary N) is 10. The van der Waals surface area contributed by atoms with E-state index in [-0.39, 0.29) is 21.8 Å². The summed E-state index contributed by atoms with van der Waals surface area (Å²) in [6, 6.07) is 0. The monoisotopic (exact) mass is 1360 g/mol. The average molecular weight is 1360 g/mol. The molecule has 30 nitrogen and oxygen atoms in total. The van der Waals surface area contributed by atoms with Gasteiger partial charge in [0, 0.05) is 84.8 Å². The first kappa shape index (κ1) is 86.3. The fourth-order valence-corrected chi connectivity index (χ4v) is 5.98. The van der Waals surface area contributed by atoms with Crippen LogP contribution < -0.4 is 64.6 Å². The Balaban J connectivity index is -0.000000497. The van der Waals surface area contributed by atoms with Crippen molar-refractivity contribution in [2.75, 3.05) is 148 Å². The fraction of sp³-hybridized carbons (Fsp3) is 0.681. The average Bonchev–Trinajstić information content (AvgIpc) is 3.60. The molecule has 4 aromatic rings. The van der Waals surface area contributed by atoms with Crippen molar-refractivity contribution in [2.24, 2.45) is 11.5 Å². The van der Waals surface area contributed by atoms with Crippen LogP contribution in [-0.4, -0.2) is 205 Å². The second kappa shape index (κ2) is 52.0. The molecule has 0 saturated heterocycles. The third kappa shape index (κ3) is 50.7. The summed E-state index contributed by atoms with van der Waals surface area (Å²) in [5, 5.41) is 30.2. The number of anilines is 7. The molecule has 0 bridgehead atoms. The molecule has 0 spiro atoms. The molecule has 4 aromatic heterocycles. The largest absolute Gasteiger partial charge is 0.444 e. The number of hydrogen-bond donors (Lipinski definition) is 13. The number of aromatic nitrogens is 12. The first-order valence-corrected chi connectivity index (χ1v) is 31.8. The maximum absolute atomic E-state index is 11.5. The SMILES string of the molecule is CC(C)(C)OC(=O)NCCNc1nc(Cl)nc(Cl)n1.CCNc1nc(Cl)nc(NCCNC(=O)OC(C)(C)C)n1.CCNc1nc(NCCN)nc(SC)n1.CCNc1nc(NCCNC(=O)OC(C)(C)C)nc(SC)n1.CCl.CCl.CN.CS. The van der Waals surface area contributed by atoms with Crippen molar-refractivity contribution in [1.29, 1.82) is 0 Å². The number of amides is 3. The highest BCUT2D eigenvalue weighted by atomic mass is 35.5. The fourth-order valence-electron chi connectivity index (χ4n) is 4.74. The number of nitrogens with zero attached hydrogens (tertiary/aromatic N) is 12. The summed E-state index contributed by atoms with van der Waals surface area (Å²) in [6.07, 6.45) is 7.08. The minimum atomic E-state index is -0.521. The molecular formula is C47H91Cl5N24O6S3. The molecule has 0 saturated carbocycles. The molecule has 4 heterocycles. The molecule has 0 fully saturated rings. The Morgan fingerprint density at radius 2 is 0.635 bits per heavy atom. The quantitative estimate of drug-likeness (QED) is 0.0109. The summed E-state index contributed by atoms with van der Waals surface area (Å²) < 4.78 is 15.3. The second-order valence-corrected chi connectivity index (χ2v) is 20.3. The van der Waals surface area contributed by atoms with E-state index < -0.39 is 35.1 Å². The molecule has 0 atom stereocenters. The zero-order valence-electron chi connectivity index (χ0n) is 51.9. The van der Waals surface area contributed by atoms with Gasteiger partial charge < -0.3 is 78.8 Å². The smallest absolute Gasteiger partial charge is 0.407 e. The third-order valence-electron chi connectivity index (χ3n) is 7.45. The normalized spacial score (nSPS) is 10.0. The number of hydrogen-bond acceptors (Lipinski definition) is 30. The Morgan fingerprint density at radius 3 is 0.882 bits per heavy atom. The number of ether oxygens (including phenoxy) is 3. The molecule has 0 aromatic carbocycles. The van der Waals surface area contributed by atoms with Gasteiger partial charge in [0.25, 0.3) is 0 Å². The molecule has 4 rings (SSSR count). The van der Waals surface area contributed by atoms with Crippen molar-refractivity contribution in [2.45, 2.75) is 110 Å². The Kier molecular flexibility index (Phi) is 52.8. The lowest BCUT2D eigenvalue weighted by Crippen LogP contribution is -2.35. The van der Waals surface area contributed by atoms with E-state index in [1.807, 2.05) is 54.1 Å². The van der Waals surface area contributed by atoms with Gasteiger partial charge in [0.15, 0.2) is 10.3 Å². The molecule has 85 heavy (non-hydrogen) atoms. The van der Waals surface area contributed by atoms with Gasteiger partial charge in [-0.05, 0) is 144 Å². The summed E-state index contributed by atoms with van der Waals surface area (Å²) in [5.41, 5.74) is 8.35. The van der Waals surface area contributed by atoms with Crippen molar-refractivity contribution >= 4 is 154 Å². The molecule has 38 heteroatoms. The minimum absolute atomic E-state index is 0.00241. The number of alkyl halides is 2. The highest BCUT2D eigenvalue weighted by molar-refractivity contribution is 7.98. The molecule has 0 aliphatic carbocycles. The number of rotatable bonds is 23. The van der Waals surface area contributed by atoms with Crippen LogP contribution in [0.15, 0.2) is 10.3 Å². The molecule has 0 unspecified atom stereocenters. The van der Waals surface area contributed by atoms with Crippen molar-refractivity contribution < 1.29 is 28.6 Å². The lowest BCUT2D eigenvalue weighted by Gasteiger charge is -2.19. The Morgan fingerprint density at radius 1 is 0.412 bits per heavy atom. The van der Waals surface area contributed by atoms with Crippen LogP contribution in [0, 0.1) is 0 Å². The van der Waals surface area contributed by atoms with E-state index in [1.54, 1.807) is 47.8 Å². The molecule has 0 aliphatic rings. The lowest BCUT2D eigenvalue weighted by atomic mass is 10.2. The van der Waals surface area contributed by atoms with Crippen LogP contribution in [-0.2, 0) is 14.2 Å². The van der Waals surface area contributed by atoms with Gasteiger partial charge in [0.2, 0.25) is 57.5 Å². The Hall–Kier alpha value is -5.13. The maximum atomic E-state index is 11.5. The van der Waals surface area contributed by atoms with Crippen LogP contribution in [0.3, 0.4) is 0 Å². The van der Waals surface area contributed by atoms with Crippen LogP contribution in [0.4, 0.5) is 56.0 Å². The van der Waals surface area contributed by atoms with E-state index >= 15 is 0 Å². The topological polar surface area (TPSA) is 406 Å². The van der Waals surface area contributed by atoms with E-state index in [0.717, 1.165) is 13.1 Å². The number of halogens is 5. The van der Waals surface area contributed by atoms with Gasteiger partial charge in [-0.15, -0.1) is 23.2 Å². The predicted octanol–water partition coefficient (Wildman–Crippen LogP) is 8.20. The van der Waals surface area contributed by atoms with Crippen molar-refractivity contribution in [3.05, 3.63) is 15.9 Å². The Bertz CT molecular complexity index is 2370. The van der Waals surface area contributed by atoms with Crippen molar-refractivity contribution in [1.82, 2.24) is 75.8 Å². The highest BCUT2D eigenvalue weighted by Crippen LogP contribution is 2.16. The summed E-state index contributed by atoms with van der Waals surface area (Å²) >= 11 is 32.7. The number of alkyl carbamates (subject to hydrolysis) is 3. The molecule has 14 N–H and O–H groups in total. The van der Waals surface area contributed by atoms with E-state index in [4.69, 9.17) is 54.7 Å². The number of carbonyl (C=O) groups excluding carboxylic acids is 3. The second-order valence-electron chi connectivity index (χ2n) is 17.8. The van der Waals surface area contributed by atoms with Crippen LogP contribution >= 0.6 is 94.2 Å². The van der Waals surface area contributed by atoms with Crippen molar-refractivity contribution in [3.63, 3.8) is 0 Å². The first-order chi connectivity index (χ1) is 40.2. The third-order valence-corrected chi connectivity index (χ3v) is 9.05. The van der Waals surface area contributed by atoms with Gasteiger partial charge in [-0.2, -0.15) is 72.4 Å². The summed E-state index contributed by atoms with van der Waals surface area (Å²) in [6.45, 7) is 28.0. The molecule has 3 amide bonds. The van der Waals surface area contributed by atoms with Gasteiger partial charge in [0.05, 0.1) is 0 Å². The van der Waals surface area contributed by atoms with Gasteiger partial charge in [-0.25, -0.2) is 14.4 Å². The number of nitrogens with two attached hydrogens (primary N) is 2. The highest BCUT2D eigenvalue weighted by Gasteiger charge is 2.18. The summed E-state index contributed by atoms with van der Waals surface area (Å²) in [4.78, 5) is 82.8. The van der Waals surface area contributed by atoms with Crippen LogP contribution in [0.5, 0.6) is 0 Å². The summed E-state index contributed by atoms with van der Waals surface area (Å²) in [5.74, 6) is 3.16. The zero-order valence-corrected chi connectivity index (χ0v) is 58.2. The minimum Gasteiger partial charge on any atom is -0.444 e. The van der Waals surface area contributed by atoms with Gasteiger partial charge >= 0.3 is 18.3 Å². The molecular weight excluding hydrogens is 1270 g/mol. The molecule has 488 valence electrons.